The number of amides is 1. The molecular formula is C15H21N7O3. The van der Waals surface area contributed by atoms with Gasteiger partial charge >= 0.3 is 5.97 Å². The molecule has 0 aliphatic rings. The molecule has 1 aromatic carbocycles. The average Bonchev–Trinajstić information content (AvgIpc) is 3.04. The second-order valence-electron chi connectivity index (χ2n) is 5.25. The molecule has 0 saturated heterocycles. The monoisotopic (exact) mass is 347 g/mol. The number of carbonyl (C=O) groups is 2. The number of nitrogens with two attached hydrogens (primary N) is 1. The van der Waals surface area contributed by atoms with Crippen LogP contribution in [0.15, 0.2) is 24.3 Å². The summed E-state index contributed by atoms with van der Waals surface area (Å²) < 4.78 is 6.04. The summed E-state index contributed by atoms with van der Waals surface area (Å²) in [6.07, 6.45) is 0. The van der Waals surface area contributed by atoms with Crippen molar-refractivity contribution in [2.75, 3.05) is 25.5 Å². The Labute approximate surface area is 144 Å². The number of methoxy groups -OCH3 is 1. The summed E-state index contributed by atoms with van der Waals surface area (Å²) in [6.45, 7) is 2.31. The number of rotatable bonds is 8. The van der Waals surface area contributed by atoms with Crippen molar-refractivity contribution in [2.24, 2.45) is 5.73 Å². The average molecular weight is 347 g/mol. The summed E-state index contributed by atoms with van der Waals surface area (Å²) >= 11 is 0. The Morgan fingerprint density at radius 3 is 2.64 bits per heavy atom. The first-order valence-electron chi connectivity index (χ1n) is 7.69. The molecular weight excluding hydrogens is 326 g/mol. The van der Waals surface area contributed by atoms with Gasteiger partial charge in [-0.15, -0.1) is 5.10 Å². The van der Waals surface area contributed by atoms with Crippen LogP contribution in [0.2, 0.25) is 0 Å². The highest BCUT2D eigenvalue weighted by atomic mass is 16.5. The van der Waals surface area contributed by atoms with E-state index in [2.05, 4.69) is 30.9 Å². The Balaban J connectivity index is 2.28. The van der Waals surface area contributed by atoms with E-state index in [1.54, 1.807) is 12.1 Å². The van der Waals surface area contributed by atoms with E-state index in [0.717, 1.165) is 5.56 Å². The summed E-state index contributed by atoms with van der Waals surface area (Å²) in [6, 6.07) is 6.88. The molecule has 0 saturated carbocycles. The van der Waals surface area contributed by atoms with Crippen LogP contribution in [0.5, 0.6) is 0 Å². The van der Waals surface area contributed by atoms with Crippen molar-refractivity contribution in [3.63, 3.8) is 0 Å². The molecule has 0 spiro atoms. The van der Waals surface area contributed by atoms with E-state index in [1.165, 1.54) is 18.7 Å². The van der Waals surface area contributed by atoms with E-state index in [9.17, 15) is 9.59 Å². The third-order valence-corrected chi connectivity index (χ3v) is 3.38. The Kier molecular flexibility index (Phi) is 6.54. The van der Waals surface area contributed by atoms with Crippen molar-refractivity contribution < 1.29 is 14.3 Å². The fourth-order valence-corrected chi connectivity index (χ4v) is 2.27. The lowest BCUT2D eigenvalue weighted by Gasteiger charge is -2.18. The third-order valence-electron chi connectivity index (χ3n) is 3.38. The molecule has 1 aromatic heterocycles. The van der Waals surface area contributed by atoms with Crippen molar-refractivity contribution >= 4 is 17.6 Å². The zero-order valence-electron chi connectivity index (χ0n) is 14.1. The summed E-state index contributed by atoms with van der Waals surface area (Å²) in [5, 5.41) is 17.5. The van der Waals surface area contributed by atoms with E-state index in [-0.39, 0.29) is 18.5 Å². The minimum atomic E-state index is -0.452. The molecule has 0 fully saturated rings. The number of benzene rings is 1. The van der Waals surface area contributed by atoms with Gasteiger partial charge in [0.05, 0.1) is 13.2 Å². The highest BCUT2D eigenvalue weighted by molar-refractivity contribution is 5.88. The van der Waals surface area contributed by atoms with Crippen molar-refractivity contribution in [2.45, 2.75) is 19.5 Å². The van der Waals surface area contributed by atoms with Crippen LogP contribution in [0.4, 0.5) is 5.69 Å². The Morgan fingerprint density at radius 2 is 2.04 bits per heavy atom. The maximum atomic E-state index is 11.5. The van der Waals surface area contributed by atoms with Gasteiger partial charge in [-0.1, -0.05) is 12.1 Å². The van der Waals surface area contributed by atoms with Gasteiger partial charge < -0.3 is 21.1 Å². The number of nitrogens with zero attached hydrogens (tertiary/aromatic N) is 4. The molecule has 0 aliphatic heterocycles. The zero-order chi connectivity index (χ0) is 18.2. The number of nitrogens with one attached hydrogen (secondary N) is 2. The van der Waals surface area contributed by atoms with E-state index in [4.69, 9.17) is 5.73 Å². The topological polar surface area (TPSA) is 137 Å². The second kappa shape index (κ2) is 8.85. The van der Waals surface area contributed by atoms with Gasteiger partial charge in [0.1, 0.15) is 6.54 Å². The summed E-state index contributed by atoms with van der Waals surface area (Å²) in [4.78, 5) is 22.7. The standard InChI is InChI=1S/C15H21N7O3/c1-10(23)18-12-5-3-11(4-6-12)14(17-8-7-16)15-19-20-21-22(15)9-13(24)25-2/h3-6,14,17H,7-9,16H2,1-2H3,(H,18,23). The van der Waals surface area contributed by atoms with Crippen molar-refractivity contribution in [3.8, 4) is 0 Å². The van der Waals surface area contributed by atoms with Gasteiger partial charge in [0, 0.05) is 25.7 Å². The van der Waals surface area contributed by atoms with Crippen molar-refractivity contribution in [3.05, 3.63) is 35.7 Å². The van der Waals surface area contributed by atoms with Crippen LogP contribution in [0.25, 0.3) is 0 Å². The number of anilines is 1. The molecule has 0 radical (unpaired) electrons. The van der Waals surface area contributed by atoms with Crippen LogP contribution < -0.4 is 16.4 Å². The van der Waals surface area contributed by atoms with Gasteiger partial charge in [-0.25, -0.2) is 4.68 Å². The lowest BCUT2D eigenvalue weighted by atomic mass is 10.1. The zero-order valence-corrected chi connectivity index (χ0v) is 14.1. The number of hydrogen-bond acceptors (Lipinski definition) is 8. The van der Waals surface area contributed by atoms with Crippen molar-refractivity contribution in [1.82, 2.24) is 25.5 Å². The molecule has 0 aliphatic carbocycles. The van der Waals surface area contributed by atoms with E-state index < -0.39 is 5.97 Å². The van der Waals surface area contributed by atoms with Gasteiger partial charge in [-0.2, -0.15) is 0 Å². The van der Waals surface area contributed by atoms with Crippen LogP contribution in [0.3, 0.4) is 0 Å². The molecule has 1 unspecified atom stereocenters. The highest BCUT2D eigenvalue weighted by Gasteiger charge is 2.22. The van der Waals surface area contributed by atoms with Crippen LogP contribution in [0.1, 0.15) is 24.4 Å². The molecule has 134 valence electrons. The predicted octanol–water partition coefficient (Wildman–Crippen LogP) is -0.558. The smallest absolute Gasteiger partial charge is 0.327 e. The SMILES string of the molecule is COC(=O)Cn1nnnc1C(NCCN)c1ccc(NC(C)=O)cc1. The Morgan fingerprint density at radius 1 is 1.32 bits per heavy atom. The lowest BCUT2D eigenvalue weighted by molar-refractivity contribution is -0.141. The molecule has 1 heterocycles. The fourth-order valence-electron chi connectivity index (χ4n) is 2.27. The number of carbonyl (C=O) groups excluding carboxylic acids is 2. The predicted molar refractivity (Wildman–Crippen MR) is 89.5 cm³/mol. The summed E-state index contributed by atoms with van der Waals surface area (Å²) in [7, 11) is 1.30. The molecule has 25 heavy (non-hydrogen) atoms. The largest absolute Gasteiger partial charge is 0.468 e. The first kappa shape index (κ1) is 18.5. The normalized spacial score (nSPS) is 11.8. The Hall–Kier alpha value is -2.85. The lowest BCUT2D eigenvalue weighted by Crippen LogP contribution is -2.31. The number of ether oxygens (including phenoxy) is 1. The molecule has 2 rings (SSSR count). The molecule has 4 N–H and O–H groups in total. The van der Waals surface area contributed by atoms with E-state index in [1.807, 2.05) is 12.1 Å². The number of esters is 1. The molecule has 2 aromatic rings. The minimum absolute atomic E-state index is 0.0936. The van der Waals surface area contributed by atoms with Gasteiger partial charge in [-0.3, -0.25) is 9.59 Å². The molecule has 0 bridgehead atoms. The second-order valence-corrected chi connectivity index (χ2v) is 5.25. The maximum absolute atomic E-state index is 11.5. The Bertz CT molecular complexity index is 714. The van der Waals surface area contributed by atoms with Gasteiger partial charge in [0.25, 0.3) is 0 Å². The van der Waals surface area contributed by atoms with E-state index in [0.29, 0.717) is 24.6 Å². The molecule has 1 atom stereocenters. The fraction of sp³-hybridized carbons (Fsp3) is 0.400. The quantitative estimate of drug-likeness (QED) is 0.541. The first-order valence-corrected chi connectivity index (χ1v) is 7.69. The van der Waals surface area contributed by atoms with Crippen LogP contribution >= 0.6 is 0 Å². The summed E-state index contributed by atoms with van der Waals surface area (Å²) in [5.74, 6) is -0.133. The van der Waals surface area contributed by atoms with E-state index >= 15 is 0 Å². The first-order chi connectivity index (χ1) is 12.0. The minimum Gasteiger partial charge on any atom is -0.468 e. The molecule has 1 amide bonds. The van der Waals surface area contributed by atoms with Crippen LogP contribution in [-0.4, -0.2) is 52.3 Å². The maximum Gasteiger partial charge on any atom is 0.327 e. The molecule has 10 nitrogen and oxygen atoms in total. The molecule has 10 heteroatoms. The number of aromatic nitrogens is 4. The van der Waals surface area contributed by atoms with Crippen LogP contribution in [0, 0.1) is 0 Å². The highest BCUT2D eigenvalue weighted by Crippen LogP contribution is 2.21. The van der Waals surface area contributed by atoms with Crippen molar-refractivity contribution in [1.29, 1.82) is 0 Å². The van der Waals surface area contributed by atoms with Gasteiger partial charge in [0.2, 0.25) is 5.91 Å². The number of tetrazole rings is 1. The van der Waals surface area contributed by atoms with Gasteiger partial charge in [0.15, 0.2) is 5.82 Å². The van der Waals surface area contributed by atoms with Crippen LogP contribution in [-0.2, 0) is 20.9 Å². The number of hydrogen-bond donors (Lipinski definition) is 3. The third kappa shape index (κ3) is 5.06. The van der Waals surface area contributed by atoms with Gasteiger partial charge in [-0.05, 0) is 28.1 Å². The summed E-state index contributed by atoms with van der Waals surface area (Å²) in [5.41, 5.74) is 7.13.